The van der Waals surface area contributed by atoms with Crippen LogP contribution in [0.1, 0.15) is 31.9 Å². The van der Waals surface area contributed by atoms with Crippen molar-refractivity contribution in [3.63, 3.8) is 0 Å². The van der Waals surface area contributed by atoms with Crippen LogP contribution in [-0.4, -0.2) is 35.7 Å². The molecule has 1 unspecified atom stereocenters. The van der Waals surface area contributed by atoms with Crippen LogP contribution < -0.4 is 5.32 Å². The molecule has 1 rings (SSSR count). The topological polar surface area (TPSA) is 39.1 Å². The van der Waals surface area contributed by atoms with Crippen LogP contribution in [0.15, 0.2) is 12.4 Å². The number of aryl methyl sites for hydroxylation is 1. The monoisotopic (exact) mass is 279 g/mol. The van der Waals surface area contributed by atoms with E-state index in [1.54, 1.807) is 10.9 Å². The van der Waals surface area contributed by atoms with Gasteiger partial charge in [-0.15, -0.1) is 0 Å². The number of rotatable bonds is 8. The maximum absolute atomic E-state index is 12.1. The molecule has 0 amide bonds. The smallest absolute Gasteiger partial charge is 0.370 e. The Bertz CT molecular complexity index is 365. The highest BCUT2D eigenvalue weighted by atomic mass is 19.4. The number of hydrogen-bond acceptors (Lipinski definition) is 3. The molecule has 0 aliphatic heterocycles. The molecule has 0 aliphatic rings. The Labute approximate surface area is 110 Å². The molecule has 1 aromatic heterocycles. The molecule has 4 nitrogen and oxygen atoms in total. The first-order valence-electron chi connectivity index (χ1n) is 6.36. The zero-order valence-electron chi connectivity index (χ0n) is 11.2. The predicted molar refractivity (Wildman–Crippen MR) is 65.8 cm³/mol. The summed E-state index contributed by atoms with van der Waals surface area (Å²) in [6.07, 6.45) is 0.0959. The van der Waals surface area contributed by atoms with E-state index in [1.165, 1.54) is 0 Å². The minimum absolute atomic E-state index is 0.0189. The van der Waals surface area contributed by atoms with E-state index < -0.39 is 12.8 Å². The van der Waals surface area contributed by atoms with Crippen LogP contribution >= 0.6 is 0 Å². The molecule has 0 spiro atoms. The molecule has 1 aromatic rings. The molecule has 0 saturated heterocycles. The Kier molecular flexibility index (Phi) is 6.30. The van der Waals surface area contributed by atoms with Gasteiger partial charge in [0.05, 0.1) is 18.8 Å². The van der Waals surface area contributed by atoms with Gasteiger partial charge in [0.25, 0.3) is 0 Å². The second-order valence-electron chi connectivity index (χ2n) is 4.27. The van der Waals surface area contributed by atoms with Gasteiger partial charge < -0.3 is 10.1 Å². The third kappa shape index (κ3) is 6.07. The molecule has 1 N–H and O–H groups in total. The van der Waals surface area contributed by atoms with Gasteiger partial charge in [0, 0.05) is 18.3 Å². The average Bonchev–Trinajstić information content (AvgIpc) is 2.80. The van der Waals surface area contributed by atoms with E-state index in [4.69, 9.17) is 4.74 Å². The first-order valence-corrected chi connectivity index (χ1v) is 6.36. The lowest BCUT2D eigenvalue weighted by molar-refractivity contribution is -0.175. The average molecular weight is 279 g/mol. The summed E-state index contributed by atoms with van der Waals surface area (Å²) in [6.45, 7) is 4.15. The molecule has 0 aromatic carbocycles. The lowest BCUT2D eigenvalue weighted by atomic mass is 10.1. The Morgan fingerprint density at radius 2 is 2.16 bits per heavy atom. The van der Waals surface area contributed by atoms with E-state index in [0.717, 1.165) is 25.1 Å². The van der Waals surface area contributed by atoms with Crippen LogP contribution in [0.2, 0.25) is 0 Å². The first kappa shape index (κ1) is 16.0. The number of aromatic nitrogens is 2. The standard InChI is InChI=1S/C12H20F3N3O/c1-3-5-16-11(8-19-9-12(13,14)15)10-6-17-18(4-2)7-10/h6-7,11,16H,3-5,8-9H2,1-2H3. The quantitative estimate of drug-likeness (QED) is 0.794. The second kappa shape index (κ2) is 7.49. The number of alkyl halides is 3. The Morgan fingerprint density at radius 1 is 1.42 bits per heavy atom. The van der Waals surface area contributed by atoms with Crippen molar-refractivity contribution in [1.29, 1.82) is 0 Å². The van der Waals surface area contributed by atoms with E-state index >= 15 is 0 Å². The number of nitrogens with one attached hydrogen (secondary N) is 1. The summed E-state index contributed by atoms with van der Waals surface area (Å²) in [5.74, 6) is 0. The first-order chi connectivity index (χ1) is 8.96. The fraction of sp³-hybridized carbons (Fsp3) is 0.750. The molecule has 7 heteroatoms. The molecule has 1 atom stereocenters. The van der Waals surface area contributed by atoms with Gasteiger partial charge in [0.2, 0.25) is 0 Å². The summed E-state index contributed by atoms with van der Waals surface area (Å²) in [7, 11) is 0. The minimum atomic E-state index is -4.29. The van der Waals surface area contributed by atoms with Crippen LogP contribution in [0.4, 0.5) is 13.2 Å². The van der Waals surface area contributed by atoms with Crippen LogP contribution in [0, 0.1) is 0 Å². The summed E-state index contributed by atoms with van der Waals surface area (Å²) < 4.78 is 42.6. The maximum atomic E-state index is 12.1. The summed E-state index contributed by atoms with van der Waals surface area (Å²) in [5.41, 5.74) is 0.845. The highest BCUT2D eigenvalue weighted by molar-refractivity contribution is 5.10. The minimum Gasteiger partial charge on any atom is -0.370 e. The Balaban J connectivity index is 2.55. The molecule has 0 radical (unpaired) electrons. The second-order valence-corrected chi connectivity index (χ2v) is 4.27. The van der Waals surface area contributed by atoms with Gasteiger partial charge in [-0.25, -0.2) is 0 Å². The van der Waals surface area contributed by atoms with E-state index in [2.05, 4.69) is 10.4 Å². The molecular formula is C12H20F3N3O. The molecule has 1 heterocycles. The summed E-state index contributed by atoms with van der Waals surface area (Å²) in [4.78, 5) is 0. The zero-order valence-corrected chi connectivity index (χ0v) is 11.2. The summed E-state index contributed by atoms with van der Waals surface area (Å²) >= 11 is 0. The Morgan fingerprint density at radius 3 is 2.68 bits per heavy atom. The Hall–Kier alpha value is -1.08. The molecule has 0 aliphatic carbocycles. The number of halogens is 3. The van der Waals surface area contributed by atoms with Crippen LogP contribution in [0.5, 0.6) is 0 Å². The van der Waals surface area contributed by atoms with Crippen LogP contribution in [0.3, 0.4) is 0 Å². The molecule has 19 heavy (non-hydrogen) atoms. The van der Waals surface area contributed by atoms with Crippen molar-refractivity contribution in [3.8, 4) is 0 Å². The fourth-order valence-electron chi connectivity index (χ4n) is 1.62. The largest absolute Gasteiger partial charge is 0.411 e. The summed E-state index contributed by atoms with van der Waals surface area (Å²) in [5, 5.41) is 7.28. The van der Waals surface area contributed by atoms with Gasteiger partial charge in [0.15, 0.2) is 0 Å². The lowest BCUT2D eigenvalue weighted by Crippen LogP contribution is -2.28. The third-order valence-corrected chi connectivity index (χ3v) is 2.57. The van der Waals surface area contributed by atoms with Crippen molar-refractivity contribution < 1.29 is 17.9 Å². The third-order valence-electron chi connectivity index (χ3n) is 2.57. The molecule has 0 saturated carbocycles. The number of ether oxygens (including phenoxy) is 1. The van der Waals surface area contributed by atoms with E-state index in [1.807, 2.05) is 20.0 Å². The van der Waals surface area contributed by atoms with Gasteiger partial charge in [-0.1, -0.05) is 6.92 Å². The van der Waals surface area contributed by atoms with E-state index in [0.29, 0.717) is 0 Å². The lowest BCUT2D eigenvalue weighted by Gasteiger charge is -2.18. The van der Waals surface area contributed by atoms with Gasteiger partial charge in [-0.2, -0.15) is 18.3 Å². The highest BCUT2D eigenvalue weighted by Crippen LogP contribution is 2.17. The van der Waals surface area contributed by atoms with Crippen molar-refractivity contribution in [3.05, 3.63) is 18.0 Å². The van der Waals surface area contributed by atoms with Gasteiger partial charge in [-0.05, 0) is 19.9 Å². The van der Waals surface area contributed by atoms with Crippen molar-refractivity contribution in [2.24, 2.45) is 0 Å². The number of hydrogen-bond donors (Lipinski definition) is 1. The van der Waals surface area contributed by atoms with Gasteiger partial charge in [-0.3, -0.25) is 4.68 Å². The predicted octanol–water partition coefficient (Wildman–Crippen LogP) is 2.52. The fourth-order valence-corrected chi connectivity index (χ4v) is 1.62. The molecule has 0 bridgehead atoms. The van der Waals surface area contributed by atoms with Gasteiger partial charge >= 0.3 is 6.18 Å². The van der Waals surface area contributed by atoms with Crippen molar-refractivity contribution >= 4 is 0 Å². The van der Waals surface area contributed by atoms with Crippen molar-refractivity contribution in [1.82, 2.24) is 15.1 Å². The molecular weight excluding hydrogens is 259 g/mol. The van der Waals surface area contributed by atoms with Crippen molar-refractivity contribution in [2.45, 2.75) is 39.0 Å². The molecule has 110 valence electrons. The van der Waals surface area contributed by atoms with Gasteiger partial charge in [0.1, 0.15) is 6.61 Å². The highest BCUT2D eigenvalue weighted by Gasteiger charge is 2.28. The maximum Gasteiger partial charge on any atom is 0.411 e. The SMILES string of the molecule is CCCNC(COCC(F)(F)F)c1cnn(CC)c1. The van der Waals surface area contributed by atoms with E-state index in [9.17, 15) is 13.2 Å². The number of nitrogens with zero attached hydrogens (tertiary/aromatic N) is 2. The summed E-state index contributed by atoms with van der Waals surface area (Å²) in [6, 6.07) is -0.261. The van der Waals surface area contributed by atoms with Crippen LogP contribution in [-0.2, 0) is 11.3 Å². The zero-order chi connectivity index (χ0) is 14.3. The van der Waals surface area contributed by atoms with E-state index in [-0.39, 0.29) is 12.6 Å². The normalized spacial score (nSPS) is 13.7. The van der Waals surface area contributed by atoms with Crippen molar-refractivity contribution in [2.75, 3.05) is 19.8 Å². The van der Waals surface area contributed by atoms with Crippen LogP contribution in [0.25, 0.3) is 0 Å². The molecule has 0 fully saturated rings.